The Bertz CT molecular complexity index is 774. The lowest BCUT2D eigenvalue weighted by atomic mass is 9.91. The minimum Gasteiger partial charge on any atom is -0.391 e. The van der Waals surface area contributed by atoms with Crippen LogP contribution in [0.15, 0.2) is 30.3 Å². The fourth-order valence-corrected chi connectivity index (χ4v) is 4.43. The lowest BCUT2D eigenvalue weighted by molar-refractivity contribution is -0.136. The first-order valence-corrected chi connectivity index (χ1v) is 8.95. The van der Waals surface area contributed by atoms with Crippen molar-refractivity contribution in [1.29, 1.82) is 0 Å². The summed E-state index contributed by atoms with van der Waals surface area (Å²) in [5.41, 5.74) is 0.945. The molecule has 1 aliphatic heterocycles. The molecule has 1 saturated heterocycles. The number of rotatable bonds is 3. The van der Waals surface area contributed by atoms with Gasteiger partial charge in [0.15, 0.2) is 0 Å². The molecule has 1 aromatic heterocycles. The van der Waals surface area contributed by atoms with E-state index in [1.54, 1.807) is 11.0 Å². The SMILES string of the molecule is O=C(NCC(=O)N1CCC(O)C12CCCC2)c1cc2ccccc2[nH]1. The minimum absolute atomic E-state index is 0.0390. The first-order chi connectivity index (χ1) is 12.1. The second kappa shape index (κ2) is 6.19. The van der Waals surface area contributed by atoms with E-state index < -0.39 is 11.6 Å². The second-order valence-corrected chi connectivity index (χ2v) is 7.11. The van der Waals surface area contributed by atoms with E-state index >= 15 is 0 Å². The smallest absolute Gasteiger partial charge is 0.268 e. The second-order valence-electron chi connectivity index (χ2n) is 7.11. The van der Waals surface area contributed by atoms with Gasteiger partial charge in [-0.25, -0.2) is 0 Å². The lowest BCUT2D eigenvalue weighted by Crippen LogP contribution is -2.53. The minimum atomic E-state index is -0.441. The summed E-state index contributed by atoms with van der Waals surface area (Å²) in [5, 5.41) is 14.0. The number of fused-ring (bicyclic) bond motifs is 1. The summed E-state index contributed by atoms with van der Waals surface area (Å²) in [4.78, 5) is 29.9. The van der Waals surface area contributed by atoms with Gasteiger partial charge in [-0.05, 0) is 31.4 Å². The van der Waals surface area contributed by atoms with E-state index in [-0.39, 0.29) is 18.4 Å². The lowest BCUT2D eigenvalue weighted by Gasteiger charge is -2.37. The fraction of sp³-hybridized carbons (Fsp3) is 0.474. The van der Waals surface area contributed by atoms with Crippen molar-refractivity contribution in [3.63, 3.8) is 0 Å². The zero-order valence-corrected chi connectivity index (χ0v) is 14.1. The summed E-state index contributed by atoms with van der Waals surface area (Å²) < 4.78 is 0. The molecule has 2 heterocycles. The van der Waals surface area contributed by atoms with E-state index in [9.17, 15) is 14.7 Å². The third-order valence-electron chi connectivity index (χ3n) is 5.73. The quantitative estimate of drug-likeness (QED) is 0.796. The zero-order chi connectivity index (χ0) is 17.4. The Hall–Kier alpha value is -2.34. The molecule has 6 nitrogen and oxygen atoms in total. The Morgan fingerprint density at radius 1 is 1.28 bits per heavy atom. The molecule has 6 heteroatoms. The number of carbonyl (C=O) groups excluding carboxylic acids is 2. The number of benzene rings is 1. The van der Waals surface area contributed by atoms with Gasteiger partial charge < -0.3 is 20.3 Å². The van der Waals surface area contributed by atoms with Crippen LogP contribution in [0.5, 0.6) is 0 Å². The van der Waals surface area contributed by atoms with Gasteiger partial charge in [0.1, 0.15) is 5.69 Å². The molecule has 1 aliphatic carbocycles. The van der Waals surface area contributed by atoms with Crippen LogP contribution in [-0.2, 0) is 4.79 Å². The van der Waals surface area contributed by atoms with Crippen molar-refractivity contribution < 1.29 is 14.7 Å². The number of para-hydroxylation sites is 1. The van der Waals surface area contributed by atoms with Crippen LogP contribution in [0, 0.1) is 0 Å². The molecule has 3 N–H and O–H groups in total. The van der Waals surface area contributed by atoms with Gasteiger partial charge in [-0.3, -0.25) is 9.59 Å². The van der Waals surface area contributed by atoms with Crippen molar-refractivity contribution >= 4 is 22.7 Å². The summed E-state index contributed by atoms with van der Waals surface area (Å²) >= 11 is 0. The largest absolute Gasteiger partial charge is 0.391 e. The highest BCUT2D eigenvalue weighted by Gasteiger charge is 2.51. The molecular weight excluding hydrogens is 318 g/mol. The number of hydrogen-bond acceptors (Lipinski definition) is 3. The van der Waals surface area contributed by atoms with Crippen LogP contribution >= 0.6 is 0 Å². The maximum absolute atomic E-state index is 12.6. The molecule has 1 aromatic carbocycles. The summed E-state index contributed by atoms with van der Waals surface area (Å²) in [7, 11) is 0. The fourth-order valence-electron chi connectivity index (χ4n) is 4.43. The molecule has 0 radical (unpaired) electrons. The number of aromatic amines is 1. The Kier molecular flexibility index (Phi) is 4.00. The normalized spacial score (nSPS) is 22.0. The van der Waals surface area contributed by atoms with Gasteiger partial charge in [0.25, 0.3) is 5.91 Å². The predicted molar refractivity (Wildman–Crippen MR) is 94.2 cm³/mol. The Morgan fingerprint density at radius 2 is 2.04 bits per heavy atom. The first kappa shape index (κ1) is 16.1. The molecule has 2 amide bonds. The predicted octanol–water partition coefficient (Wildman–Crippen LogP) is 1.80. The summed E-state index contributed by atoms with van der Waals surface area (Å²) in [6, 6.07) is 9.45. The molecule has 25 heavy (non-hydrogen) atoms. The van der Waals surface area contributed by atoms with E-state index in [0.717, 1.165) is 36.6 Å². The monoisotopic (exact) mass is 341 g/mol. The standard InChI is InChI=1S/C19H23N3O3/c23-16-7-10-22(19(16)8-3-4-9-19)17(24)12-20-18(25)15-11-13-5-1-2-6-14(13)21-15/h1-2,5-6,11,16,21,23H,3-4,7-10,12H2,(H,20,25). The first-order valence-electron chi connectivity index (χ1n) is 8.95. The number of aliphatic hydroxyl groups is 1. The molecule has 1 atom stereocenters. The van der Waals surface area contributed by atoms with E-state index in [4.69, 9.17) is 0 Å². The highest BCUT2D eigenvalue weighted by atomic mass is 16.3. The molecular formula is C19H23N3O3. The van der Waals surface area contributed by atoms with Crippen LogP contribution in [-0.4, -0.2) is 51.5 Å². The van der Waals surface area contributed by atoms with Crippen molar-refractivity contribution in [2.24, 2.45) is 0 Å². The Labute approximate surface area is 146 Å². The number of nitrogens with zero attached hydrogens (tertiary/aromatic N) is 1. The summed E-state index contributed by atoms with van der Waals surface area (Å²) in [6.07, 6.45) is 3.99. The van der Waals surface area contributed by atoms with Gasteiger partial charge in [-0.15, -0.1) is 0 Å². The maximum Gasteiger partial charge on any atom is 0.268 e. The molecule has 2 fully saturated rings. The highest BCUT2D eigenvalue weighted by Crippen LogP contribution is 2.43. The third kappa shape index (κ3) is 2.70. The Balaban J connectivity index is 1.42. The van der Waals surface area contributed by atoms with E-state index in [1.165, 1.54) is 0 Å². The van der Waals surface area contributed by atoms with Crippen LogP contribution in [0.25, 0.3) is 10.9 Å². The van der Waals surface area contributed by atoms with Gasteiger partial charge in [0, 0.05) is 17.4 Å². The van der Waals surface area contributed by atoms with Crippen LogP contribution in [0.3, 0.4) is 0 Å². The van der Waals surface area contributed by atoms with Crippen LogP contribution in [0.2, 0.25) is 0 Å². The molecule has 0 bridgehead atoms. The number of amides is 2. The average Bonchev–Trinajstić information content (AvgIpc) is 3.33. The number of likely N-dealkylation sites (tertiary alicyclic amines) is 1. The van der Waals surface area contributed by atoms with Gasteiger partial charge in [0.2, 0.25) is 5.91 Å². The van der Waals surface area contributed by atoms with Crippen molar-refractivity contribution in [2.75, 3.05) is 13.1 Å². The van der Waals surface area contributed by atoms with Gasteiger partial charge in [0.05, 0.1) is 18.2 Å². The van der Waals surface area contributed by atoms with E-state index in [0.29, 0.717) is 18.7 Å². The van der Waals surface area contributed by atoms with Crippen LogP contribution in [0.1, 0.15) is 42.6 Å². The number of hydrogen-bond donors (Lipinski definition) is 3. The molecule has 1 spiro atoms. The molecule has 4 rings (SSSR count). The number of nitrogens with one attached hydrogen (secondary N) is 2. The van der Waals surface area contributed by atoms with Gasteiger partial charge in [-0.1, -0.05) is 31.0 Å². The van der Waals surface area contributed by atoms with Crippen molar-refractivity contribution in [3.05, 3.63) is 36.0 Å². The van der Waals surface area contributed by atoms with E-state index in [1.807, 2.05) is 24.3 Å². The van der Waals surface area contributed by atoms with Gasteiger partial charge >= 0.3 is 0 Å². The third-order valence-corrected chi connectivity index (χ3v) is 5.73. The van der Waals surface area contributed by atoms with Crippen LogP contribution < -0.4 is 5.32 Å². The summed E-state index contributed by atoms with van der Waals surface area (Å²) in [5.74, 6) is -0.396. The van der Waals surface area contributed by atoms with Crippen molar-refractivity contribution in [2.45, 2.75) is 43.7 Å². The average molecular weight is 341 g/mol. The Morgan fingerprint density at radius 3 is 2.80 bits per heavy atom. The number of aliphatic hydroxyl groups excluding tert-OH is 1. The molecule has 1 saturated carbocycles. The topological polar surface area (TPSA) is 85.4 Å². The number of H-pyrrole nitrogens is 1. The van der Waals surface area contributed by atoms with Crippen molar-refractivity contribution in [1.82, 2.24) is 15.2 Å². The van der Waals surface area contributed by atoms with Gasteiger partial charge in [-0.2, -0.15) is 0 Å². The number of aromatic nitrogens is 1. The van der Waals surface area contributed by atoms with Crippen molar-refractivity contribution in [3.8, 4) is 0 Å². The molecule has 2 aliphatic rings. The van der Waals surface area contributed by atoms with Crippen LogP contribution in [0.4, 0.5) is 0 Å². The molecule has 2 aromatic rings. The highest BCUT2D eigenvalue weighted by molar-refractivity contribution is 5.99. The molecule has 132 valence electrons. The molecule has 1 unspecified atom stereocenters. The number of carbonyl (C=O) groups is 2. The maximum atomic E-state index is 12.6. The zero-order valence-electron chi connectivity index (χ0n) is 14.1. The van der Waals surface area contributed by atoms with E-state index in [2.05, 4.69) is 10.3 Å². The summed E-state index contributed by atoms with van der Waals surface area (Å²) in [6.45, 7) is 0.533.